The zero-order chi connectivity index (χ0) is 13.1. The maximum absolute atomic E-state index is 9.42. The van der Waals surface area contributed by atoms with Crippen LogP contribution in [0.2, 0.25) is 0 Å². The highest BCUT2D eigenvalue weighted by Gasteiger charge is 2.23. The zero-order valence-corrected chi connectivity index (χ0v) is 11.6. The van der Waals surface area contributed by atoms with Crippen molar-refractivity contribution >= 4 is 0 Å². The highest BCUT2D eigenvalue weighted by Crippen LogP contribution is 2.23. The van der Waals surface area contributed by atoms with Gasteiger partial charge in [0.05, 0.1) is 6.20 Å². The fraction of sp³-hybridized carbons (Fsp3) is 0.786. The summed E-state index contributed by atoms with van der Waals surface area (Å²) in [5.74, 6) is 1.96. The SMILES string of the molecule is CC(O)c1cnc(CC2CCCN(C(C)C)C2)o1. The molecular weight excluding hydrogens is 228 g/mol. The van der Waals surface area contributed by atoms with E-state index in [1.807, 2.05) is 0 Å². The summed E-state index contributed by atoms with van der Waals surface area (Å²) >= 11 is 0. The predicted molar refractivity (Wildman–Crippen MR) is 70.3 cm³/mol. The first-order chi connectivity index (χ1) is 8.56. The van der Waals surface area contributed by atoms with Gasteiger partial charge in [-0.3, -0.25) is 0 Å². The lowest BCUT2D eigenvalue weighted by molar-refractivity contribution is 0.133. The number of nitrogens with zero attached hydrogens (tertiary/aromatic N) is 2. The van der Waals surface area contributed by atoms with Crippen LogP contribution in [0.15, 0.2) is 10.6 Å². The first-order valence-electron chi connectivity index (χ1n) is 6.93. The van der Waals surface area contributed by atoms with Gasteiger partial charge in [0.15, 0.2) is 11.7 Å². The standard InChI is InChI=1S/C14H24N2O2/c1-10(2)16-6-4-5-12(9-16)7-14-15-8-13(18-14)11(3)17/h8,10-12,17H,4-7,9H2,1-3H3. The van der Waals surface area contributed by atoms with Crippen LogP contribution >= 0.6 is 0 Å². The fourth-order valence-corrected chi connectivity index (χ4v) is 2.59. The second kappa shape index (κ2) is 5.85. The van der Waals surface area contributed by atoms with Crippen LogP contribution in [0.25, 0.3) is 0 Å². The Hall–Kier alpha value is -0.870. The molecule has 4 nitrogen and oxygen atoms in total. The lowest BCUT2D eigenvalue weighted by atomic mass is 9.94. The number of oxazole rings is 1. The van der Waals surface area contributed by atoms with E-state index in [-0.39, 0.29) is 0 Å². The second-order valence-corrected chi connectivity index (χ2v) is 5.63. The molecule has 2 atom stereocenters. The largest absolute Gasteiger partial charge is 0.443 e. The van der Waals surface area contributed by atoms with Crippen LogP contribution in [0, 0.1) is 5.92 Å². The van der Waals surface area contributed by atoms with Crippen LogP contribution in [0.1, 0.15) is 51.4 Å². The minimum atomic E-state index is -0.565. The highest BCUT2D eigenvalue weighted by atomic mass is 16.4. The average molecular weight is 252 g/mol. The van der Waals surface area contributed by atoms with Crippen LogP contribution in [0.4, 0.5) is 0 Å². The number of aliphatic hydroxyl groups excluding tert-OH is 1. The van der Waals surface area contributed by atoms with Gasteiger partial charge in [-0.2, -0.15) is 0 Å². The molecule has 1 saturated heterocycles. The van der Waals surface area contributed by atoms with Gasteiger partial charge in [0.1, 0.15) is 6.10 Å². The van der Waals surface area contributed by atoms with Crippen LogP contribution in [-0.2, 0) is 6.42 Å². The second-order valence-electron chi connectivity index (χ2n) is 5.63. The van der Waals surface area contributed by atoms with E-state index in [1.165, 1.54) is 19.4 Å². The Kier molecular flexibility index (Phi) is 4.40. The minimum Gasteiger partial charge on any atom is -0.443 e. The molecule has 1 aromatic heterocycles. The zero-order valence-electron chi connectivity index (χ0n) is 11.6. The first-order valence-corrected chi connectivity index (χ1v) is 6.93. The third-order valence-corrected chi connectivity index (χ3v) is 3.73. The molecule has 0 amide bonds. The molecule has 0 bridgehead atoms. The van der Waals surface area contributed by atoms with Crippen LogP contribution < -0.4 is 0 Å². The molecule has 4 heteroatoms. The Morgan fingerprint density at radius 2 is 2.28 bits per heavy atom. The average Bonchev–Trinajstić information content (AvgIpc) is 2.78. The fourth-order valence-electron chi connectivity index (χ4n) is 2.59. The van der Waals surface area contributed by atoms with Gasteiger partial charge in [-0.05, 0) is 46.1 Å². The van der Waals surface area contributed by atoms with E-state index in [4.69, 9.17) is 4.42 Å². The summed E-state index contributed by atoms with van der Waals surface area (Å²) in [6.07, 6.45) is 4.46. The van der Waals surface area contributed by atoms with E-state index < -0.39 is 6.10 Å². The molecule has 0 spiro atoms. The quantitative estimate of drug-likeness (QED) is 0.894. The third kappa shape index (κ3) is 3.33. The van der Waals surface area contributed by atoms with Crippen molar-refractivity contribution in [1.82, 2.24) is 9.88 Å². The Bertz CT molecular complexity index is 374. The summed E-state index contributed by atoms with van der Waals surface area (Å²) in [4.78, 5) is 6.78. The molecule has 18 heavy (non-hydrogen) atoms. The molecule has 1 aromatic rings. The van der Waals surface area contributed by atoms with E-state index >= 15 is 0 Å². The summed E-state index contributed by atoms with van der Waals surface area (Å²) < 4.78 is 5.56. The van der Waals surface area contributed by atoms with Gasteiger partial charge in [-0.1, -0.05) is 0 Å². The molecule has 2 heterocycles. The van der Waals surface area contributed by atoms with Crippen molar-refractivity contribution in [3.8, 4) is 0 Å². The van der Waals surface area contributed by atoms with Gasteiger partial charge in [0.2, 0.25) is 0 Å². The van der Waals surface area contributed by atoms with E-state index in [1.54, 1.807) is 13.1 Å². The summed E-state index contributed by atoms with van der Waals surface area (Å²) in [6, 6.07) is 0.616. The summed E-state index contributed by atoms with van der Waals surface area (Å²) in [7, 11) is 0. The van der Waals surface area contributed by atoms with Gasteiger partial charge in [-0.15, -0.1) is 0 Å². The number of aliphatic hydroxyl groups is 1. The summed E-state index contributed by atoms with van der Waals surface area (Å²) in [5.41, 5.74) is 0. The molecule has 2 unspecified atom stereocenters. The molecule has 0 aromatic carbocycles. The molecule has 1 aliphatic rings. The Morgan fingerprint density at radius 3 is 2.89 bits per heavy atom. The Labute approximate surface area is 109 Å². The number of piperidine rings is 1. The van der Waals surface area contributed by atoms with Crippen LogP contribution in [0.5, 0.6) is 0 Å². The smallest absolute Gasteiger partial charge is 0.194 e. The van der Waals surface area contributed by atoms with Crippen molar-refractivity contribution in [3.05, 3.63) is 17.8 Å². The number of rotatable bonds is 4. The molecule has 102 valence electrons. The lowest BCUT2D eigenvalue weighted by Crippen LogP contribution is -2.40. The monoisotopic (exact) mass is 252 g/mol. The van der Waals surface area contributed by atoms with Crippen molar-refractivity contribution in [3.63, 3.8) is 0 Å². The summed E-state index contributed by atoms with van der Waals surface area (Å²) in [6.45, 7) is 8.53. The van der Waals surface area contributed by atoms with E-state index in [0.717, 1.165) is 18.9 Å². The maximum atomic E-state index is 9.42. The summed E-state index contributed by atoms with van der Waals surface area (Å²) in [5, 5.41) is 9.42. The molecule has 0 radical (unpaired) electrons. The molecule has 1 fully saturated rings. The first kappa shape index (κ1) is 13.6. The van der Waals surface area contributed by atoms with Crippen molar-refractivity contribution in [2.75, 3.05) is 13.1 Å². The molecule has 0 saturated carbocycles. The van der Waals surface area contributed by atoms with E-state index in [2.05, 4.69) is 23.7 Å². The van der Waals surface area contributed by atoms with Crippen LogP contribution in [0.3, 0.4) is 0 Å². The van der Waals surface area contributed by atoms with Gasteiger partial charge >= 0.3 is 0 Å². The Balaban J connectivity index is 1.92. The van der Waals surface area contributed by atoms with E-state index in [0.29, 0.717) is 17.7 Å². The van der Waals surface area contributed by atoms with Gasteiger partial charge in [0.25, 0.3) is 0 Å². The normalized spacial score (nSPS) is 23.5. The highest BCUT2D eigenvalue weighted by molar-refractivity contribution is 4.98. The molecule has 1 N–H and O–H groups in total. The Morgan fingerprint density at radius 1 is 1.50 bits per heavy atom. The van der Waals surface area contributed by atoms with Crippen molar-refractivity contribution in [1.29, 1.82) is 0 Å². The molecule has 1 aliphatic heterocycles. The maximum Gasteiger partial charge on any atom is 0.194 e. The predicted octanol–water partition coefficient (Wildman–Crippen LogP) is 2.39. The van der Waals surface area contributed by atoms with E-state index in [9.17, 15) is 5.11 Å². The van der Waals surface area contributed by atoms with Crippen molar-refractivity contribution in [2.24, 2.45) is 5.92 Å². The topological polar surface area (TPSA) is 49.5 Å². The van der Waals surface area contributed by atoms with Crippen LogP contribution in [-0.4, -0.2) is 34.1 Å². The molecule has 2 rings (SSSR count). The van der Waals surface area contributed by atoms with Gasteiger partial charge < -0.3 is 14.4 Å². The van der Waals surface area contributed by atoms with Crippen molar-refractivity contribution in [2.45, 2.75) is 52.2 Å². The van der Waals surface area contributed by atoms with Crippen molar-refractivity contribution < 1.29 is 9.52 Å². The number of hydrogen-bond acceptors (Lipinski definition) is 4. The minimum absolute atomic E-state index is 0.565. The molecule has 0 aliphatic carbocycles. The number of likely N-dealkylation sites (tertiary alicyclic amines) is 1. The number of hydrogen-bond donors (Lipinski definition) is 1. The van der Waals surface area contributed by atoms with Gasteiger partial charge in [-0.25, -0.2) is 4.98 Å². The molecular formula is C14H24N2O2. The number of aromatic nitrogens is 1. The third-order valence-electron chi connectivity index (χ3n) is 3.73. The van der Waals surface area contributed by atoms with Gasteiger partial charge in [0, 0.05) is 19.0 Å². The lowest BCUT2D eigenvalue weighted by Gasteiger charge is -2.35.